The van der Waals surface area contributed by atoms with Crippen LogP contribution in [0.4, 0.5) is 0 Å². The van der Waals surface area contributed by atoms with Crippen LogP contribution >= 0.6 is 0 Å². The number of carbonyl (C=O) groups is 6. The molecule has 0 saturated carbocycles. The molecule has 2 aliphatic rings. The number of benzene rings is 1. The Kier molecular flexibility index (Phi) is 15.0. The van der Waals surface area contributed by atoms with Gasteiger partial charge in [-0.2, -0.15) is 0 Å². The molecule has 0 aromatic heterocycles. The lowest BCUT2D eigenvalue weighted by atomic mass is 9.96. The highest BCUT2D eigenvalue weighted by molar-refractivity contribution is 5.98. The van der Waals surface area contributed by atoms with Crippen molar-refractivity contribution in [3.05, 3.63) is 29.8 Å². The van der Waals surface area contributed by atoms with Gasteiger partial charge in [-0.05, 0) is 67.6 Å². The van der Waals surface area contributed by atoms with E-state index in [9.17, 15) is 39.0 Å². The Morgan fingerprint density at radius 3 is 1.71 bits per heavy atom. The smallest absolute Gasteiger partial charge is 0.247 e. The molecule has 0 bridgehead atoms. The molecule has 2 heterocycles. The first-order valence-corrected chi connectivity index (χ1v) is 18.5. The van der Waals surface area contributed by atoms with E-state index in [1.807, 2.05) is 41.5 Å². The Morgan fingerprint density at radius 2 is 1.15 bits per heavy atom. The molecule has 290 valence electrons. The van der Waals surface area contributed by atoms with Crippen LogP contribution in [0.3, 0.4) is 0 Å². The summed E-state index contributed by atoms with van der Waals surface area (Å²) in [5, 5.41) is 25.8. The molecule has 6 atom stereocenters. The minimum absolute atomic E-state index is 0.000273. The Labute approximate surface area is 308 Å². The number of aliphatic hydroxyl groups excluding tert-OH is 1. The summed E-state index contributed by atoms with van der Waals surface area (Å²) in [6.45, 7) is 11.0. The lowest BCUT2D eigenvalue weighted by Crippen LogP contribution is -2.62. The highest BCUT2D eigenvalue weighted by Crippen LogP contribution is 2.25. The van der Waals surface area contributed by atoms with Crippen molar-refractivity contribution in [3.8, 4) is 5.75 Å². The van der Waals surface area contributed by atoms with Crippen LogP contribution in [0.15, 0.2) is 24.3 Å². The molecule has 1 aromatic rings. The second-order valence-electron chi connectivity index (χ2n) is 15.6. The number of hydrogen-bond acceptors (Lipinski definition) is 8. The molecule has 2 aliphatic heterocycles. The molecule has 2 fully saturated rings. The third-order valence-corrected chi connectivity index (χ3v) is 10.0. The van der Waals surface area contributed by atoms with Crippen molar-refractivity contribution in [1.82, 2.24) is 30.2 Å². The summed E-state index contributed by atoms with van der Waals surface area (Å²) in [6, 6.07) is -0.375. The van der Waals surface area contributed by atoms with E-state index in [1.165, 1.54) is 52.9 Å². The predicted molar refractivity (Wildman–Crippen MR) is 196 cm³/mol. The van der Waals surface area contributed by atoms with Crippen molar-refractivity contribution in [2.75, 3.05) is 34.3 Å². The zero-order valence-corrected chi connectivity index (χ0v) is 32.3. The van der Waals surface area contributed by atoms with Crippen LogP contribution in [0, 0.1) is 17.8 Å². The van der Waals surface area contributed by atoms with Gasteiger partial charge in [0.15, 0.2) is 0 Å². The number of fused-ring (bicyclic) bond motifs is 1. The number of phenolic OH excluding ortho intramolecular Hbond substituents is 1. The van der Waals surface area contributed by atoms with Crippen LogP contribution in [0.25, 0.3) is 0 Å². The van der Waals surface area contributed by atoms with Gasteiger partial charge in [0.05, 0.1) is 6.61 Å². The molecule has 3 rings (SSSR count). The molecule has 0 unspecified atom stereocenters. The SMILES string of the molecule is CC(C)C[C@@H]1NC(=O)[C@H](CC(C)C)N(C)C(=O)[C@@H](CC(C)C)N(C)C(=O)[C@H](CO)NC(=O)[C@H](Cc2ccc(O)cc2)N(C)C(=O)[C@H]2CCCN2C1=O. The zero-order valence-electron chi connectivity index (χ0n) is 32.3. The first-order chi connectivity index (χ1) is 24.4. The van der Waals surface area contributed by atoms with Gasteiger partial charge >= 0.3 is 0 Å². The first-order valence-electron chi connectivity index (χ1n) is 18.5. The van der Waals surface area contributed by atoms with Crippen LogP contribution in [0.5, 0.6) is 5.75 Å². The number of aromatic hydroxyl groups is 1. The summed E-state index contributed by atoms with van der Waals surface area (Å²) in [5.41, 5.74) is 0.615. The van der Waals surface area contributed by atoms with Gasteiger partial charge in [0.2, 0.25) is 35.4 Å². The van der Waals surface area contributed by atoms with E-state index in [4.69, 9.17) is 0 Å². The monoisotopic (exact) mass is 728 g/mol. The fourth-order valence-electron chi connectivity index (χ4n) is 7.10. The largest absolute Gasteiger partial charge is 0.508 e. The van der Waals surface area contributed by atoms with Crippen LogP contribution in [-0.4, -0.2) is 136 Å². The van der Waals surface area contributed by atoms with Crippen molar-refractivity contribution in [2.24, 2.45) is 17.8 Å². The van der Waals surface area contributed by atoms with E-state index >= 15 is 0 Å². The minimum Gasteiger partial charge on any atom is -0.508 e. The number of hydrogen-bond donors (Lipinski definition) is 4. The summed E-state index contributed by atoms with van der Waals surface area (Å²) in [6.07, 6.45) is 1.70. The molecule has 0 radical (unpaired) electrons. The third-order valence-electron chi connectivity index (χ3n) is 10.0. The molecular formula is C38H60N6O8. The maximum absolute atomic E-state index is 14.3. The molecule has 14 heteroatoms. The predicted octanol–water partition coefficient (Wildman–Crippen LogP) is 1.52. The number of rotatable bonds is 9. The quantitative estimate of drug-likeness (QED) is 0.296. The van der Waals surface area contributed by atoms with Gasteiger partial charge in [0.1, 0.15) is 42.0 Å². The molecule has 0 spiro atoms. The summed E-state index contributed by atoms with van der Waals surface area (Å²) >= 11 is 0. The summed E-state index contributed by atoms with van der Waals surface area (Å²) < 4.78 is 0. The molecule has 6 amide bonds. The fraction of sp³-hybridized carbons (Fsp3) is 0.684. The van der Waals surface area contributed by atoms with E-state index in [0.29, 0.717) is 24.8 Å². The van der Waals surface area contributed by atoms with E-state index < -0.39 is 78.3 Å². The van der Waals surface area contributed by atoms with Crippen LogP contribution in [-0.2, 0) is 35.2 Å². The van der Waals surface area contributed by atoms with Crippen LogP contribution in [0.2, 0.25) is 0 Å². The maximum atomic E-state index is 14.3. The lowest BCUT2D eigenvalue weighted by Gasteiger charge is -2.38. The van der Waals surface area contributed by atoms with E-state index in [0.717, 1.165) is 0 Å². The maximum Gasteiger partial charge on any atom is 0.247 e. The molecule has 4 N–H and O–H groups in total. The zero-order chi connectivity index (χ0) is 39.0. The Bertz CT molecular complexity index is 1430. The average molecular weight is 729 g/mol. The van der Waals surface area contributed by atoms with Gasteiger partial charge < -0.3 is 40.4 Å². The topological polar surface area (TPSA) is 180 Å². The summed E-state index contributed by atoms with van der Waals surface area (Å²) in [7, 11) is 4.41. The number of likely N-dealkylation sites (N-methyl/N-ethyl adjacent to an activating group) is 3. The number of aliphatic hydroxyl groups is 1. The number of nitrogens with zero attached hydrogens (tertiary/aromatic N) is 4. The van der Waals surface area contributed by atoms with Gasteiger partial charge in [-0.1, -0.05) is 53.7 Å². The van der Waals surface area contributed by atoms with Crippen molar-refractivity contribution < 1.29 is 39.0 Å². The molecule has 1 aromatic carbocycles. The first kappa shape index (κ1) is 42.2. The molecule has 52 heavy (non-hydrogen) atoms. The molecule has 2 saturated heterocycles. The van der Waals surface area contributed by atoms with Crippen LogP contribution < -0.4 is 10.6 Å². The van der Waals surface area contributed by atoms with Gasteiger partial charge in [-0.15, -0.1) is 0 Å². The van der Waals surface area contributed by atoms with E-state index in [-0.39, 0.29) is 49.3 Å². The van der Waals surface area contributed by atoms with Gasteiger partial charge in [0, 0.05) is 34.1 Å². The fourth-order valence-corrected chi connectivity index (χ4v) is 7.10. The van der Waals surface area contributed by atoms with Gasteiger partial charge in [-0.3, -0.25) is 28.8 Å². The molecule has 0 aliphatic carbocycles. The normalized spacial score (nSPS) is 26.2. The number of carbonyl (C=O) groups excluding carboxylic acids is 6. The summed E-state index contributed by atoms with van der Waals surface area (Å²) in [4.78, 5) is 90.5. The Hall–Kier alpha value is -4.20. The minimum atomic E-state index is -1.45. The third kappa shape index (κ3) is 10.4. The highest BCUT2D eigenvalue weighted by Gasteiger charge is 2.44. The second-order valence-corrected chi connectivity index (χ2v) is 15.6. The number of phenols is 1. The van der Waals surface area contributed by atoms with Crippen molar-refractivity contribution in [1.29, 1.82) is 0 Å². The summed E-state index contributed by atoms with van der Waals surface area (Å²) in [5.74, 6) is -3.35. The van der Waals surface area contributed by atoms with Gasteiger partial charge in [-0.25, -0.2) is 0 Å². The van der Waals surface area contributed by atoms with E-state index in [1.54, 1.807) is 12.1 Å². The second kappa shape index (κ2) is 18.5. The van der Waals surface area contributed by atoms with Crippen molar-refractivity contribution in [2.45, 2.75) is 116 Å². The van der Waals surface area contributed by atoms with Crippen molar-refractivity contribution in [3.63, 3.8) is 0 Å². The Balaban J connectivity index is 2.19. The molecular weight excluding hydrogens is 668 g/mol. The average Bonchev–Trinajstić information content (AvgIpc) is 3.58. The van der Waals surface area contributed by atoms with Crippen LogP contribution in [0.1, 0.15) is 79.2 Å². The number of amides is 6. The van der Waals surface area contributed by atoms with Gasteiger partial charge in [0.25, 0.3) is 0 Å². The molecule has 14 nitrogen and oxygen atoms in total. The Morgan fingerprint density at radius 1 is 0.654 bits per heavy atom. The van der Waals surface area contributed by atoms with Crippen molar-refractivity contribution >= 4 is 35.4 Å². The van der Waals surface area contributed by atoms with E-state index in [2.05, 4.69) is 10.6 Å². The highest BCUT2D eigenvalue weighted by atomic mass is 16.3. The lowest BCUT2D eigenvalue weighted by molar-refractivity contribution is -0.152. The standard InChI is InChI=1S/C38H60N6O8/c1-22(2)17-27-36(50)44-16-10-11-29(44)37(51)42(8)31(20-25-12-14-26(46)15-13-25)34(48)40-28(21-45)35(49)43(9)32(19-24(5)6)38(52)41(7)30(18-23(3)4)33(47)39-27/h12-15,22-24,27-32,45-46H,10-11,16-21H2,1-9H3,(H,39,47)(H,40,48)/t27-,28-,29+,30-,31-,32+/m0/s1. The number of nitrogens with one attached hydrogen (secondary N) is 2.